The van der Waals surface area contributed by atoms with Gasteiger partial charge in [-0.2, -0.15) is 4.99 Å². The van der Waals surface area contributed by atoms with Gasteiger partial charge in [0.25, 0.3) is 0 Å². The first-order valence-corrected chi connectivity index (χ1v) is 4.66. The molecule has 0 radical (unpaired) electrons. The Morgan fingerprint density at radius 2 is 2.43 bits per heavy atom. The first-order chi connectivity index (χ1) is 6.90. The molecule has 0 bridgehead atoms. The molecule has 1 atom stereocenters. The number of isocyanates is 1. The lowest BCUT2D eigenvalue weighted by molar-refractivity contribution is 0.194. The maximum atomic E-state index is 10.1. The molecule has 1 aliphatic rings. The molecule has 0 aromatic heterocycles. The molecule has 1 aliphatic heterocycles. The van der Waals surface area contributed by atoms with Gasteiger partial charge in [-0.15, -0.1) is 0 Å². The number of benzene rings is 1. The van der Waals surface area contributed by atoms with E-state index < -0.39 is 0 Å². The van der Waals surface area contributed by atoms with Gasteiger partial charge >= 0.3 is 0 Å². The van der Waals surface area contributed by atoms with Crippen LogP contribution in [0.2, 0.25) is 0 Å². The average Bonchev–Trinajstić information content (AvgIpc) is 2.71. The van der Waals surface area contributed by atoms with E-state index in [4.69, 9.17) is 4.74 Å². The van der Waals surface area contributed by atoms with Crippen LogP contribution in [-0.2, 0) is 9.53 Å². The molecule has 1 fully saturated rings. The highest BCUT2D eigenvalue weighted by Gasteiger charge is 2.17. The van der Waals surface area contributed by atoms with E-state index in [0.717, 1.165) is 19.6 Å². The summed E-state index contributed by atoms with van der Waals surface area (Å²) in [4.78, 5) is 13.7. The summed E-state index contributed by atoms with van der Waals surface area (Å²) in [5.74, 6) is 0.455. The fraction of sp³-hybridized carbons (Fsp3) is 0.364. The number of ether oxygens (including phenoxy) is 1. The summed E-state index contributed by atoms with van der Waals surface area (Å²) < 4.78 is 5.30. The molecule has 1 heterocycles. The van der Waals surface area contributed by atoms with Gasteiger partial charge in [0.15, 0.2) is 0 Å². The summed E-state index contributed by atoms with van der Waals surface area (Å²) in [6, 6.07) is 7.67. The molecule has 1 saturated heterocycles. The molecule has 3 heteroatoms. The van der Waals surface area contributed by atoms with Crippen LogP contribution < -0.4 is 0 Å². The maximum absolute atomic E-state index is 10.1. The second-order valence-corrected chi connectivity index (χ2v) is 3.36. The SMILES string of the molecule is O=C=Nc1cccc(C2CCOC2)c1. The molecule has 1 aromatic carbocycles. The summed E-state index contributed by atoms with van der Waals surface area (Å²) in [6.07, 6.45) is 2.60. The summed E-state index contributed by atoms with van der Waals surface area (Å²) >= 11 is 0. The predicted molar refractivity (Wildman–Crippen MR) is 52.4 cm³/mol. The van der Waals surface area contributed by atoms with Crippen molar-refractivity contribution in [2.45, 2.75) is 12.3 Å². The zero-order valence-electron chi connectivity index (χ0n) is 7.77. The first kappa shape index (κ1) is 9.13. The molecule has 0 amide bonds. The number of nitrogens with zero attached hydrogens (tertiary/aromatic N) is 1. The zero-order chi connectivity index (χ0) is 9.80. The van der Waals surface area contributed by atoms with Crippen LogP contribution in [0.15, 0.2) is 29.3 Å². The zero-order valence-corrected chi connectivity index (χ0v) is 7.77. The summed E-state index contributed by atoms with van der Waals surface area (Å²) in [5.41, 5.74) is 1.86. The minimum absolute atomic E-state index is 0.455. The molecule has 3 nitrogen and oxygen atoms in total. The van der Waals surface area contributed by atoms with Gasteiger partial charge in [-0.25, -0.2) is 4.79 Å². The lowest BCUT2D eigenvalue weighted by Crippen LogP contribution is -1.96. The minimum Gasteiger partial charge on any atom is -0.381 e. The van der Waals surface area contributed by atoms with Crippen molar-refractivity contribution in [3.63, 3.8) is 0 Å². The summed E-state index contributed by atoms with van der Waals surface area (Å²) in [6.45, 7) is 1.60. The third-order valence-electron chi connectivity index (χ3n) is 2.45. The van der Waals surface area contributed by atoms with Gasteiger partial charge in [0.05, 0.1) is 12.3 Å². The van der Waals surface area contributed by atoms with Crippen molar-refractivity contribution in [3.8, 4) is 0 Å². The van der Waals surface area contributed by atoms with Crippen LogP contribution in [-0.4, -0.2) is 19.3 Å². The number of hydrogen-bond acceptors (Lipinski definition) is 3. The Balaban J connectivity index is 2.24. The molecule has 0 spiro atoms. The maximum Gasteiger partial charge on any atom is 0.240 e. The fourth-order valence-corrected chi connectivity index (χ4v) is 1.70. The largest absolute Gasteiger partial charge is 0.381 e. The third-order valence-corrected chi connectivity index (χ3v) is 2.45. The summed E-state index contributed by atoms with van der Waals surface area (Å²) in [5, 5.41) is 0. The Morgan fingerprint density at radius 3 is 3.14 bits per heavy atom. The van der Waals surface area contributed by atoms with Crippen LogP contribution in [0.5, 0.6) is 0 Å². The van der Waals surface area contributed by atoms with E-state index >= 15 is 0 Å². The van der Waals surface area contributed by atoms with Crippen molar-refractivity contribution < 1.29 is 9.53 Å². The molecule has 2 rings (SSSR count). The molecule has 1 aromatic rings. The molecular weight excluding hydrogens is 178 g/mol. The Kier molecular flexibility index (Phi) is 2.73. The van der Waals surface area contributed by atoms with E-state index in [1.54, 1.807) is 12.1 Å². The van der Waals surface area contributed by atoms with Crippen LogP contribution in [0.25, 0.3) is 0 Å². The Morgan fingerprint density at radius 1 is 1.50 bits per heavy atom. The fourth-order valence-electron chi connectivity index (χ4n) is 1.70. The van der Waals surface area contributed by atoms with Gasteiger partial charge < -0.3 is 4.74 Å². The van der Waals surface area contributed by atoms with E-state index in [1.807, 2.05) is 18.2 Å². The Hall–Kier alpha value is -1.44. The highest BCUT2D eigenvalue weighted by molar-refractivity contribution is 5.50. The van der Waals surface area contributed by atoms with Gasteiger partial charge in [-0.3, -0.25) is 0 Å². The standard InChI is InChI=1S/C11H11NO2/c13-8-12-11-3-1-2-9(6-11)10-4-5-14-7-10/h1-3,6,10H,4-5,7H2. The van der Waals surface area contributed by atoms with E-state index in [2.05, 4.69) is 4.99 Å². The second-order valence-electron chi connectivity index (χ2n) is 3.36. The van der Waals surface area contributed by atoms with Crippen LogP contribution in [0.4, 0.5) is 5.69 Å². The third kappa shape index (κ3) is 1.90. The van der Waals surface area contributed by atoms with Crippen molar-refractivity contribution in [2.75, 3.05) is 13.2 Å². The lowest BCUT2D eigenvalue weighted by atomic mass is 9.98. The molecule has 1 unspecified atom stereocenters. The predicted octanol–water partition coefficient (Wildman–Crippen LogP) is 2.16. The van der Waals surface area contributed by atoms with Crippen molar-refractivity contribution >= 4 is 11.8 Å². The van der Waals surface area contributed by atoms with Crippen LogP contribution >= 0.6 is 0 Å². The van der Waals surface area contributed by atoms with Gasteiger partial charge in [0.2, 0.25) is 6.08 Å². The molecule has 0 saturated carbocycles. The van der Waals surface area contributed by atoms with Crippen molar-refractivity contribution in [2.24, 2.45) is 4.99 Å². The van der Waals surface area contributed by atoms with Gasteiger partial charge in [0, 0.05) is 12.5 Å². The molecule has 14 heavy (non-hydrogen) atoms. The van der Waals surface area contributed by atoms with Crippen LogP contribution in [0, 0.1) is 0 Å². The highest BCUT2D eigenvalue weighted by Crippen LogP contribution is 2.27. The van der Waals surface area contributed by atoms with E-state index in [-0.39, 0.29) is 0 Å². The van der Waals surface area contributed by atoms with Gasteiger partial charge in [0.1, 0.15) is 0 Å². The normalized spacial score (nSPS) is 20.4. The van der Waals surface area contributed by atoms with Crippen molar-refractivity contribution in [3.05, 3.63) is 29.8 Å². The van der Waals surface area contributed by atoms with E-state index in [1.165, 1.54) is 5.56 Å². The smallest absolute Gasteiger partial charge is 0.240 e. The molecule has 0 aliphatic carbocycles. The number of aliphatic imine (C=N–C) groups is 1. The van der Waals surface area contributed by atoms with E-state index in [9.17, 15) is 4.79 Å². The topological polar surface area (TPSA) is 38.7 Å². The number of hydrogen-bond donors (Lipinski definition) is 0. The van der Waals surface area contributed by atoms with Crippen LogP contribution in [0.3, 0.4) is 0 Å². The van der Waals surface area contributed by atoms with Gasteiger partial charge in [-0.1, -0.05) is 12.1 Å². The molecular formula is C11H11NO2. The highest BCUT2D eigenvalue weighted by atomic mass is 16.5. The number of carbonyl (C=O) groups excluding carboxylic acids is 1. The van der Waals surface area contributed by atoms with E-state index in [0.29, 0.717) is 11.6 Å². The van der Waals surface area contributed by atoms with Crippen molar-refractivity contribution in [1.82, 2.24) is 0 Å². The second kappa shape index (κ2) is 4.18. The van der Waals surface area contributed by atoms with Crippen molar-refractivity contribution in [1.29, 1.82) is 0 Å². The molecule has 0 N–H and O–H groups in total. The van der Waals surface area contributed by atoms with Gasteiger partial charge in [-0.05, 0) is 24.1 Å². The average molecular weight is 189 g/mol. The lowest BCUT2D eigenvalue weighted by Gasteiger charge is -2.07. The first-order valence-electron chi connectivity index (χ1n) is 4.66. The molecule has 72 valence electrons. The minimum atomic E-state index is 0.455. The van der Waals surface area contributed by atoms with Crippen LogP contribution in [0.1, 0.15) is 17.9 Å². The monoisotopic (exact) mass is 189 g/mol. The quantitative estimate of drug-likeness (QED) is 0.528. The summed E-state index contributed by atoms with van der Waals surface area (Å²) in [7, 11) is 0. The Labute approximate surface area is 82.4 Å². The Bertz CT molecular complexity index is 363. The number of rotatable bonds is 2.